The van der Waals surface area contributed by atoms with E-state index in [4.69, 9.17) is 16.3 Å². The third-order valence-electron chi connectivity index (χ3n) is 3.02. The molecule has 2 aromatic rings. The van der Waals surface area contributed by atoms with Crippen molar-refractivity contribution in [1.82, 2.24) is 15.3 Å². The van der Waals surface area contributed by atoms with E-state index in [2.05, 4.69) is 29.1 Å². The number of hydrogen-bond donors (Lipinski definition) is 1. The fraction of sp³-hybridized carbons (Fsp3) is 0.375. The summed E-state index contributed by atoms with van der Waals surface area (Å²) in [5, 5.41) is 4.08. The molecule has 1 aromatic heterocycles. The zero-order chi connectivity index (χ0) is 15.4. The highest BCUT2D eigenvalue weighted by Gasteiger charge is 2.06. The van der Waals surface area contributed by atoms with Gasteiger partial charge in [0.25, 0.3) is 0 Å². The smallest absolute Gasteiger partial charge is 0.321 e. The second-order valence-electron chi connectivity index (χ2n) is 5.38. The molecule has 0 spiro atoms. The molecule has 0 saturated carbocycles. The van der Waals surface area contributed by atoms with Gasteiger partial charge in [0.1, 0.15) is 5.75 Å². The average Bonchev–Trinajstić information content (AvgIpc) is 2.44. The van der Waals surface area contributed by atoms with Crippen LogP contribution in [0.4, 0.5) is 0 Å². The largest absolute Gasteiger partial charge is 0.424 e. The molecule has 0 amide bonds. The van der Waals surface area contributed by atoms with Crippen LogP contribution >= 0.6 is 11.6 Å². The van der Waals surface area contributed by atoms with Crippen molar-refractivity contribution in [2.24, 2.45) is 0 Å². The summed E-state index contributed by atoms with van der Waals surface area (Å²) in [6.07, 6.45) is 3.54. The Morgan fingerprint density at radius 3 is 2.24 bits per heavy atom. The molecule has 112 valence electrons. The number of rotatable bonds is 5. The Kier molecular flexibility index (Phi) is 5.15. The number of aromatic nitrogens is 2. The summed E-state index contributed by atoms with van der Waals surface area (Å²) in [6, 6.07) is 4.53. The van der Waals surface area contributed by atoms with Crippen LogP contribution in [0, 0.1) is 13.8 Å². The zero-order valence-corrected chi connectivity index (χ0v) is 13.5. The van der Waals surface area contributed by atoms with E-state index in [1.165, 1.54) is 0 Å². The van der Waals surface area contributed by atoms with Gasteiger partial charge in [0.2, 0.25) is 0 Å². The first-order valence-corrected chi connectivity index (χ1v) is 7.32. The van der Waals surface area contributed by atoms with Gasteiger partial charge < -0.3 is 10.1 Å². The molecule has 0 bridgehead atoms. The Bertz CT molecular complexity index is 588. The molecule has 0 radical (unpaired) electrons. The first kappa shape index (κ1) is 15.7. The topological polar surface area (TPSA) is 47.0 Å². The quantitative estimate of drug-likeness (QED) is 0.905. The maximum atomic E-state index is 6.14. The van der Waals surface area contributed by atoms with Gasteiger partial charge in [-0.3, -0.25) is 0 Å². The van der Waals surface area contributed by atoms with E-state index in [1.54, 1.807) is 12.4 Å². The molecule has 1 aromatic carbocycles. The number of benzene rings is 1. The van der Waals surface area contributed by atoms with Gasteiger partial charge in [0, 0.05) is 35.6 Å². The van der Waals surface area contributed by atoms with Crippen LogP contribution in [0.3, 0.4) is 0 Å². The Labute approximate surface area is 130 Å². The summed E-state index contributed by atoms with van der Waals surface area (Å²) in [5.41, 5.74) is 2.98. The predicted molar refractivity (Wildman–Crippen MR) is 85.0 cm³/mol. The molecule has 2 rings (SSSR count). The van der Waals surface area contributed by atoms with E-state index in [0.717, 1.165) is 28.3 Å². The lowest BCUT2D eigenvalue weighted by atomic mass is 10.1. The number of nitrogens with zero attached hydrogens (tertiary/aromatic N) is 2. The van der Waals surface area contributed by atoms with Crippen molar-refractivity contribution in [3.05, 3.63) is 46.2 Å². The second-order valence-corrected chi connectivity index (χ2v) is 5.76. The monoisotopic (exact) mass is 305 g/mol. The molecular formula is C16H20ClN3O. The second kappa shape index (κ2) is 6.87. The molecule has 0 unspecified atom stereocenters. The molecule has 21 heavy (non-hydrogen) atoms. The van der Waals surface area contributed by atoms with Crippen LogP contribution in [-0.4, -0.2) is 16.0 Å². The maximum Gasteiger partial charge on any atom is 0.321 e. The van der Waals surface area contributed by atoms with E-state index < -0.39 is 0 Å². The normalized spacial score (nSPS) is 11.0. The molecule has 0 aliphatic carbocycles. The Hall–Kier alpha value is -1.65. The van der Waals surface area contributed by atoms with Gasteiger partial charge in [-0.2, -0.15) is 0 Å². The highest BCUT2D eigenvalue weighted by molar-refractivity contribution is 6.32. The molecule has 0 atom stereocenters. The maximum absolute atomic E-state index is 6.14. The molecule has 0 saturated heterocycles. The minimum atomic E-state index is 0.337. The minimum Gasteiger partial charge on any atom is -0.424 e. The Morgan fingerprint density at radius 1 is 1.14 bits per heavy atom. The van der Waals surface area contributed by atoms with Crippen molar-refractivity contribution in [3.8, 4) is 11.8 Å². The van der Waals surface area contributed by atoms with E-state index in [9.17, 15) is 0 Å². The van der Waals surface area contributed by atoms with Crippen molar-refractivity contribution >= 4 is 11.6 Å². The molecule has 4 nitrogen and oxygen atoms in total. The lowest BCUT2D eigenvalue weighted by Gasteiger charge is -2.09. The summed E-state index contributed by atoms with van der Waals surface area (Å²) in [4.78, 5) is 8.45. The third-order valence-corrected chi connectivity index (χ3v) is 3.61. The van der Waals surface area contributed by atoms with Crippen LogP contribution < -0.4 is 10.1 Å². The van der Waals surface area contributed by atoms with Gasteiger partial charge in [-0.25, -0.2) is 9.97 Å². The summed E-state index contributed by atoms with van der Waals surface area (Å²) in [6.45, 7) is 8.84. The number of hydrogen-bond acceptors (Lipinski definition) is 4. The number of nitrogens with one attached hydrogen (secondary N) is 1. The minimum absolute atomic E-state index is 0.337. The van der Waals surface area contributed by atoms with Gasteiger partial charge in [-0.05, 0) is 37.1 Å². The first-order chi connectivity index (χ1) is 9.95. The Morgan fingerprint density at radius 2 is 1.71 bits per heavy atom. The summed E-state index contributed by atoms with van der Waals surface area (Å²) in [5.74, 6) is 0.697. The molecule has 1 heterocycles. The SMILES string of the molecule is Cc1cc(Oc2ncc(CNC(C)C)cn2)cc(C)c1Cl. The predicted octanol–water partition coefficient (Wildman–Crippen LogP) is 4.04. The van der Waals surface area contributed by atoms with Crippen LogP contribution in [0.15, 0.2) is 24.5 Å². The summed E-state index contributed by atoms with van der Waals surface area (Å²) in [7, 11) is 0. The van der Waals surface area contributed by atoms with Crippen molar-refractivity contribution in [2.45, 2.75) is 40.3 Å². The van der Waals surface area contributed by atoms with Gasteiger partial charge in [0.15, 0.2) is 0 Å². The van der Waals surface area contributed by atoms with Crippen LogP contribution in [0.2, 0.25) is 5.02 Å². The van der Waals surface area contributed by atoms with Crippen LogP contribution in [0.1, 0.15) is 30.5 Å². The van der Waals surface area contributed by atoms with Crippen LogP contribution in [0.25, 0.3) is 0 Å². The molecule has 1 N–H and O–H groups in total. The fourth-order valence-electron chi connectivity index (χ4n) is 1.88. The van der Waals surface area contributed by atoms with Gasteiger partial charge >= 0.3 is 6.01 Å². The van der Waals surface area contributed by atoms with E-state index >= 15 is 0 Å². The van der Waals surface area contributed by atoms with E-state index in [1.807, 2.05) is 26.0 Å². The first-order valence-electron chi connectivity index (χ1n) is 6.94. The van der Waals surface area contributed by atoms with Gasteiger partial charge in [0.05, 0.1) is 0 Å². The molecular weight excluding hydrogens is 286 g/mol. The highest BCUT2D eigenvalue weighted by atomic mass is 35.5. The van der Waals surface area contributed by atoms with E-state index in [-0.39, 0.29) is 0 Å². The highest BCUT2D eigenvalue weighted by Crippen LogP contribution is 2.27. The molecule has 0 fully saturated rings. The van der Waals surface area contributed by atoms with Crippen molar-refractivity contribution in [3.63, 3.8) is 0 Å². The van der Waals surface area contributed by atoms with Gasteiger partial charge in [-0.15, -0.1) is 0 Å². The molecule has 0 aliphatic heterocycles. The average molecular weight is 306 g/mol. The van der Waals surface area contributed by atoms with Crippen LogP contribution in [0.5, 0.6) is 11.8 Å². The number of ether oxygens (including phenoxy) is 1. The number of halogens is 1. The lowest BCUT2D eigenvalue weighted by Crippen LogP contribution is -2.21. The van der Waals surface area contributed by atoms with Crippen LogP contribution in [-0.2, 0) is 6.54 Å². The lowest BCUT2D eigenvalue weighted by molar-refractivity contribution is 0.439. The van der Waals surface area contributed by atoms with Gasteiger partial charge in [-0.1, -0.05) is 25.4 Å². The summed E-state index contributed by atoms with van der Waals surface area (Å²) < 4.78 is 5.67. The fourth-order valence-corrected chi connectivity index (χ4v) is 1.99. The molecule has 5 heteroatoms. The van der Waals surface area contributed by atoms with E-state index in [0.29, 0.717) is 17.8 Å². The summed E-state index contributed by atoms with van der Waals surface area (Å²) >= 11 is 6.14. The third kappa shape index (κ3) is 4.41. The zero-order valence-electron chi connectivity index (χ0n) is 12.8. The van der Waals surface area contributed by atoms with Crippen molar-refractivity contribution in [1.29, 1.82) is 0 Å². The standard InChI is InChI=1S/C16H20ClN3O/c1-10(2)18-7-13-8-19-16(20-9-13)21-14-5-11(3)15(17)12(4)6-14/h5-6,8-10,18H,7H2,1-4H3. The molecule has 0 aliphatic rings. The Balaban J connectivity index is 2.06. The van der Waals surface area contributed by atoms with Crippen molar-refractivity contribution in [2.75, 3.05) is 0 Å². The number of aryl methyl sites for hydroxylation is 2. The van der Waals surface area contributed by atoms with Crippen molar-refractivity contribution < 1.29 is 4.74 Å².